The van der Waals surface area contributed by atoms with E-state index in [1.165, 1.54) is 0 Å². The highest BCUT2D eigenvalue weighted by Gasteiger charge is 1.69. The van der Waals surface area contributed by atoms with Gasteiger partial charge in [-0.1, -0.05) is 12.1 Å². The summed E-state index contributed by atoms with van der Waals surface area (Å²) in [6.45, 7) is 0. The van der Waals surface area contributed by atoms with Gasteiger partial charge in [0.05, 0.1) is 0 Å². The maximum absolute atomic E-state index is 9.96. The van der Waals surface area contributed by atoms with E-state index in [0.29, 0.717) is 0 Å². The van der Waals surface area contributed by atoms with Gasteiger partial charge in [-0.25, -0.2) is 4.79 Å². The van der Waals surface area contributed by atoms with Gasteiger partial charge in [0.25, 0.3) is 0 Å². The predicted octanol–water partition coefficient (Wildman–Crippen LogP) is 1.45. The Balaban J connectivity index is 0.000000112. The molecule has 2 heterocycles. The summed E-state index contributed by atoms with van der Waals surface area (Å²) in [5.41, 5.74) is -0.157. The topological polar surface area (TPSA) is 48.6 Å². The van der Waals surface area contributed by atoms with E-state index in [1.54, 1.807) is 23.7 Å². The van der Waals surface area contributed by atoms with Gasteiger partial charge in [0, 0.05) is 12.4 Å². The van der Waals surface area contributed by atoms with E-state index in [2.05, 4.69) is 9.97 Å². The zero-order chi connectivity index (χ0) is 7.94. The molecule has 3 nitrogen and oxygen atoms in total. The summed E-state index contributed by atoms with van der Waals surface area (Å²) in [5, 5.41) is 4.08. The van der Waals surface area contributed by atoms with Crippen LogP contribution >= 0.6 is 11.3 Å². The first-order chi connectivity index (χ1) is 5.39. The highest BCUT2D eigenvalue weighted by Crippen LogP contribution is 1.91. The third-order valence-electron chi connectivity index (χ3n) is 0.938. The van der Waals surface area contributed by atoms with E-state index in [4.69, 9.17) is 0 Å². The molecule has 2 rings (SSSR count). The lowest BCUT2D eigenvalue weighted by Gasteiger charge is -1.52. The lowest BCUT2D eigenvalue weighted by atomic mass is 10.7. The molecule has 0 aliphatic rings. The van der Waals surface area contributed by atoms with Gasteiger partial charge in [-0.2, -0.15) is 11.3 Å². The Morgan fingerprint density at radius 2 is 1.64 bits per heavy atom. The van der Waals surface area contributed by atoms with Crippen LogP contribution in [0.25, 0.3) is 0 Å². The maximum Gasteiger partial charge on any atom is 0.322 e. The summed E-state index contributed by atoms with van der Waals surface area (Å²) in [7, 11) is 0. The minimum absolute atomic E-state index is 0.157. The smallest absolute Gasteiger partial charge is 0.313 e. The van der Waals surface area contributed by atoms with Crippen molar-refractivity contribution in [3.63, 3.8) is 0 Å². The van der Waals surface area contributed by atoms with Crippen molar-refractivity contribution >= 4 is 11.3 Å². The van der Waals surface area contributed by atoms with Gasteiger partial charge in [0.2, 0.25) is 0 Å². The average Bonchev–Trinajstić information content (AvgIpc) is 2.57. The second-order valence-corrected chi connectivity index (χ2v) is 2.56. The molecule has 2 aromatic heterocycles. The quantitative estimate of drug-likeness (QED) is 0.614. The molecule has 0 radical (unpaired) electrons. The zero-order valence-corrected chi connectivity index (χ0v) is 6.60. The molecular weight excluding hydrogens is 160 g/mol. The molecule has 2 N–H and O–H groups in total. The van der Waals surface area contributed by atoms with Crippen molar-refractivity contribution in [1.29, 1.82) is 0 Å². The Hall–Kier alpha value is -1.29. The summed E-state index contributed by atoms with van der Waals surface area (Å²) < 4.78 is 0. The maximum atomic E-state index is 9.96. The number of thiophene rings is 1. The van der Waals surface area contributed by atoms with Crippen LogP contribution in [-0.2, 0) is 0 Å². The first-order valence-corrected chi connectivity index (χ1v) is 4.03. The van der Waals surface area contributed by atoms with Gasteiger partial charge < -0.3 is 9.97 Å². The molecule has 2 aromatic rings. The fourth-order valence-electron chi connectivity index (χ4n) is 0.503. The molecule has 58 valence electrons. The monoisotopic (exact) mass is 168 g/mol. The van der Waals surface area contributed by atoms with E-state index in [1.807, 2.05) is 22.9 Å². The summed E-state index contributed by atoms with van der Waals surface area (Å²) in [5.74, 6) is 0. The Morgan fingerprint density at radius 1 is 1.09 bits per heavy atom. The first kappa shape index (κ1) is 7.81. The van der Waals surface area contributed by atoms with Crippen molar-refractivity contribution in [3.05, 3.63) is 45.8 Å². The number of hydrogen-bond acceptors (Lipinski definition) is 2. The van der Waals surface area contributed by atoms with Crippen LogP contribution in [0.3, 0.4) is 0 Å². The third-order valence-corrected chi connectivity index (χ3v) is 1.57. The Labute approximate surface area is 67.7 Å². The van der Waals surface area contributed by atoms with E-state index < -0.39 is 0 Å². The van der Waals surface area contributed by atoms with Gasteiger partial charge in [-0.3, -0.25) is 0 Å². The van der Waals surface area contributed by atoms with Crippen LogP contribution < -0.4 is 5.69 Å². The molecule has 0 fully saturated rings. The summed E-state index contributed by atoms with van der Waals surface area (Å²) in [6, 6.07) is 4.04. The third kappa shape index (κ3) is 3.42. The summed E-state index contributed by atoms with van der Waals surface area (Å²) >= 11 is 1.71. The van der Waals surface area contributed by atoms with Gasteiger partial charge in [0.1, 0.15) is 0 Å². The molecule has 4 heteroatoms. The molecule has 0 aliphatic carbocycles. The molecule has 0 aliphatic heterocycles. The first-order valence-electron chi connectivity index (χ1n) is 3.09. The van der Waals surface area contributed by atoms with Crippen molar-refractivity contribution in [2.24, 2.45) is 0 Å². The molecule has 0 unspecified atom stereocenters. The molecular formula is C7H8N2OS. The van der Waals surface area contributed by atoms with Crippen LogP contribution in [0.4, 0.5) is 0 Å². The van der Waals surface area contributed by atoms with Gasteiger partial charge in [-0.15, -0.1) is 0 Å². The minimum Gasteiger partial charge on any atom is -0.313 e. The molecule has 0 spiro atoms. The van der Waals surface area contributed by atoms with Crippen molar-refractivity contribution in [2.45, 2.75) is 0 Å². The largest absolute Gasteiger partial charge is 0.322 e. The second kappa shape index (κ2) is 4.51. The van der Waals surface area contributed by atoms with Crippen LogP contribution in [-0.4, -0.2) is 9.97 Å². The van der Waals surface area contributed by atoms with Crippen LogP contribution in [0, 0.1) is 0 Å². The molecule has 0 saturated heterocycles. The fraction of sp³-hybridized carbons (Fsp3) is 0. The second-order valence-electron chi connectivity index (χ2n) is 1.74. The van der Waals surface area contributed by atoms with E-state index in [-0.39, 0.29) is 5.69 Å². The molecule has 0 amide bonds. The number of hydrogen-bond donors (Lipinski definition) is 2. The molecule has 0 saturated carbocycles. The number of imidazole rings is 1. The van der Waals surface area contributed by atoms with Crippen molar-refractivity contribution in [3.8, 4) is 0 Å². The van der Waals surface area contributed by atoms with Crippen LogP contribution in [0.15, 0.2) is 40.1 Å². The summed E-state index contributed by atoms with van der Waals surface area (Å²) in [4.78, 5) is 14.7. The lowest BCUT2D eigenvalue weighted by Crippen LogP contribution is -1.98. The normalized spacial score (nSPS) is 8.36. The number of aromatic nitrogens is 2. The molecule has 0 aromatic carbocycles. The number of aromatic amines is 2. The molecule has 0 atom stereocenters. The average molecular weight is 168 g/mol. The highest BCUT2D eigenvalue weighted by atomic mass is 32.1. The lowest BCUT2D eigenvalue weighted by molar-refractivity contribution is 1.19. The highest BCUT2D eigenvalue weighted by molar-refractivity contribution is 7.07. The van der Waals surface area contributed by atoms with E-state index in [0.717, 1.165) is 0 Å². The minimum atomic E-state index is -0.157. The number of H-pyrrole nitrogens is 2. The number of nitrogens with one attached hydrogen (secondary N) is 2. The Bertz CT molecular complexity index is 275. The van der Waals surface area contributed by atoms with Crippen molar-refractivity contribution in [2.75, 3.05) is 0 Å². The van der Waals surface area contributed by atoms with Crippen LogP contribution in [0.1, 0.15) is 0 Å². The zero-order valence-electron chi connectivity index (χ0n) is 5.78. The van der Waals surface area contributed by atoms with Gasteiger partial charge in [0.15, 0.2) is 0 Å². The predicted molar refractivity (Wildman–Crippen MR) is 45.7 cm³/mol. The standard InChI is InChI=1S/C4H4S.C3H4N2O/c1-2-4-5-3-1;6-3-4-1-2-5-3/h1-4H;1-2H,(H2,4,5,6). The van der Waals surface area contributed by atoms with Crippen molar-refractivity contribution in [1.82, 2.24) is 9.97 Å². The fourth-order valence-corrected chi connectivity index (χ4v) is 0.957. The number of rotatable bonds is 0. The van der Waals surface area contributed by atoms with Crippen molar-refractivity contribution < 1.29 is 0 Å². The van der Waals surface area contributed by atoms with Crippen LogP contribution in [0.5, 0.6) is 0 Å². The molecule has 11 heavy (non-hydrogen) atoms. The van der Waals surface area contributed by atoms with E-state index in [9.17, 15) is 4.79 Å². The van der Waals surface area contributed by atoms with Gasteiger partial charge in [-0.05, 0) is 10.8 Å². The Kier molecular flexibility index (Phi) is 3.21. The van der Waals surface area contributed by atoms with Gasteiger partial charge >= 0.3 is 5.69 Å². The van der Waals surface area contributed by atoms with Crippen LogP contribution in [0.2, 0.25) is 0 Å². The van der Waals surface area contributed by atoms with E-state index >= 15 is 0 Å². The Morgan fingerprint density at radius 3 is 1.82 bits per heavy atom. The SMILES string of the molecule is O=c1[nH]cc[nH]1.c1ccsc1. The molecule has 0 bridgehead atoms. The summed E-state index contributed by atoms with van der Waals surface area (Å²) in [6.07, 6.45) is 3.09.